The number of hydrogen-bond acceptors (Lipinski definition) is 4. The zero-order valence-corrected chi connectivity index (χ0v) is 10.9. The largest absolute Gasteiger partial charge is 0.333 e. The maximum Gasteiger partial charge on any atom is 0.147 e. The Morgan fingerprint density at radius 1 is 1.59 bits per heavy atom. The van der Waals surface area contributed by atoms with Crippen LogP contribution in [0.4, 0.5) is 0 Å². The number of aromatic nitrogens is 2. The van der Waals surface area contributed by atoms with Crippen LogP contribution >= 0.6 is 0 Å². The molecule has 0 spiro atoms. The minimum atomic E-state index is -2.86. The van der Waals surface area contributed by atoms with Crippen molar-refractivity contribution in [3.05, 3.63) is 18.2 Å². The van der Waals surface area contributed by atoms with Crippen LogP contribution in [0.1, 0.15) is 31.0 Å². The summed E-state index contributed by atoms with van der Waals surface area (Å²) in [6, 6.07) is 0.385. The minimum absolute atomic E-state index is 0.239. The Labute approximate surface area is 102 Å². The van der Waals surface area contributed by atoms with E-state index in [4.69, 9.17) is 0 Å². The maximum atomic E-state index is 11.1. The van der Waals surface area contributed by atoms with Gasteiger partial charge in [-0.1, -0.05) is 0 Å². The summed E-state index contributed by atoms with van der Waals surface area (Å²) in [5.41, 5.74) is 1.18. The van der Waals surface area contributed by atoms with Gasteiger partial charge in [0.05, 0.1) is 17.8 Å². The molecule has 1 fully saturated rings. The molecule has 17 heavy (non-hydrogen) atoms. The normalized spacial score (nSPS) is 20.9. The zero-order valence-electron chi connectivity index (χ0n) is 10.1. The highest BCUT2D eigenvalue weighted by Crippen LogP contribution is 2.22. The van der Waals surface area contributed by atoms with Crippen molar-refractivity contribution in [1.29, 1.82) is 0 Å². The van der Waals surface area contributed by atoms with E-state index in [1.54, 1.807) is 6.33 Å². The standard InChI is InChI=1S/C11H19N3O2S/c1-17(15,16)7-3-6-14-9-12-8-11(14)10-4-2-5-13-10/h8-10,13H,2-7H2,1H3/t10-/m0/s1. The third kappa shape index (κ3) is 3.54. The van der Waals surface area contributed by atoms with Gasteiger partial charge in [-0.15, -0.1) is 0 Å². The molecule has 6 heteroatoms. The Kier molecular flexibility index (Phi) is 3.83. The van der Waals surface area contributed by atoms with Crippen molar-refractivity contribution in [1.82, 2.24) is 14.9 Å². The lowest BCUT2D eigenvalue weighted by molar-refractivity contribution is 0.553. The molecule has 1 aromatic rings. The number of imidazole rings is 1. The van der Waals surface area contributed by atoms with E-state index in [0.717, 1.165) is 19.5 Å². The molecule has 1 N–H and O–H groups in total. The van der Waals surface area contributed by atoms with Gasteiger partial charge in [-0.05, 0) is 25.8 Å². The molecule has 0 aromatic carbocycles. The number of nitrogens with zero attached hydrogens (tertiary/aromatic N) is 2. The molecule has 0 saturated carbocycles. The Bertz CT molecular complexity index is 461. The third-order valence-corrected chi connectivity index (χ3v) is 4.11. The quantitative estimate of drug-likeness (QED) is 0.845. The summed E-state index contributed by atoms with van der Waals surface area (Å²) < 4.78 is 24.2. The second-order valence-corrected chi connectivity index (χ2v) is 6.90. The molecule has 0 radical (unpaired) electrons. The molecule has 1 saturated heterocycles. The van der Waals surface area contributed by atoms with Gasteiger partial charge in [0.2, 0.25) is 0 Å². The van der Waals surface area contributed by atoms with Crippen LogP contribution in [-0.2, 0) is 16.4 Å². The molecular formula is C11H19N3O2S. The van der Waals surface area contributed by atoms with E-state index in [9.17, 15) is 8.42 Å². The predicted molar refractivity (Wildman–Crippen MR) is 66.5 cm³/mol. The second-order valence-electron chi connectivity index (χ2n) is 4.64. The molecule has 5 nitrogen and oxygen atoms in total. The van der Waals surface area contributed by atoms with E-state index in [0.29, 0.717) is 12.5 Å². The van der Waals surface area contributed by atoms with Gasteiger partial charge in [-0.25, -0.2) is 13.4 Å². The van der Waals surface area contributed by atoms with Gasteiger partial charge in [0, 0.05) is 25.0 Å². The van der Waals surface area contributed by atoms with Crippen LogP contribution in [-0.4, -0.2) is 36.5 Å². The number of nitrogens with one attached hydrogen (secondary N) is 1. The first-order valence-corrected chi connectivity index (χ1v) is 8.03. The first-order chi connectivity index (χ1) is 8.06. The molecule has 1 atom stereocenters. The fourth-order valence-electron chi connectivity index (χ4n) is 2.24. The molecule has 1 aliphatic heterocycles. The monoisotopic (exact) mass is 257 g/mol. The lowest BCUT2D eigenvalue weighted by Crippen LogP contribution is -2.17. The van der Waals surface area contributed by atoms with Gasteiger partial charge in [-0.3, -0.25) is 0 Å². The summed E-state index contributed by atoms with van der Waals surface area (Å²) in [7, 11) is -2.86. The maximum absolute atomic E-state index is 11.1. The highest BCUT2D eigenvalue weighted by molar-refractivity contribution is 7.90. The molecule has 0 bridgehead atoms. The fourth-order valence-corrected chi connectivity index (χ4v) is 2.90. The van der Waals surface area contributed by atoms with Crippen molar-refractivity contribution in [3.63, 3.8) is 0 Å². The van der Waals surface area contributed by atoms with E-state index in [1.165, 1.54) is 18.4 Å². The third-order valence-electron chi connectivity index (χ3n) is 3.08. The van der Waals surface area contributed by atoms with Crippen molar-refractivity contribution in [2.24, 2.45) is 0 Å². The van der Waals surface area contributed by atoms with Crippen LogP contribution < -0.4 is 5.32 Å². The summed E-state index contributed by atoms with van der Waals surface area (Å²) >= 11 is 0. The number of aryl methyl sites for hydroxylation is 1. The van der Waals surface area contributed by atoms with Crippen molar-refractivity contribution in [2.75, 3.05) is 18.6 Å². The molecule has 0 unspecified atom stereocenters. The van der Waals surface area contributed by atoms with Crippen molar-refractivity contribution in [2.45, 2.75) is 31.8 Å². The van der Waals surface area contributed by atoms with Gasteiger partial charge < -0.3 is 9.88 Å². The Hall–Kier alpha value is -0.880. The highest BCUT2D eigenvalue weighted by Gasteiger charge is 2.19. The average molecular weight is 257 g/mol. The summed E-state index contributed by atoms with van der Waals surface area (Å²) in [6.45, 7) is 1.78. The van der Waals surface area contributed by atoms with E-state index < -0.39 is 9.84 Å². The number of rotatable bonds is 5. The van der Waals surface area contributed by atoms with Gasteiger partial charge in [0.25, 0.3) is 0 Å². The summed E-state index contributed by atoms with van der Waals surface area (Å²) in [4.78, 5) is 4.16. The average Bonchev–Trinajstić information content (AvgIpc) is 2.82. The first kappa shape index (κ1) is 12.6. The van der Waals surface area contributed by atoms with Gasteiger partial charge >= 0.3 is 0 Å². The first-order valence-electron chi connectivity index (χ1n) is 5.97. The van der Waals surface area contributed by atoms with Crippen LogP contribution in [0.3, 0.4) is 0 Å². The topological polar surface area (TPSA) is 64.0 Å². The van der Waals surface area contributed by atoms with Crippen LogP contribution in [0.15, 0.2) is 12.5 Å². The summed E-state index contributed by atoms with van der Waals surface area (Å²) in [5, 5.41) is 3.43. The Balaban J connectivity index is 1.94. The molecule has 2 rings (SSSR count). The Morgan fingerprint density at radius 3 is 3.06 bits per heavy atom. The number of sulfone groups is 1. The van der Waals surface area contributed by atoms with Crippen LogP contribution in [0.2, 0.25) is 0 Å². The summed E-state index contributed by atoms with van der Waals surface area (Å²) in [5.74, 6) is 0.239. The molecule has 0 amide bonds. The van der Waals surface area contributed by atoms with Gasteiger partial charge in [-0.2, -0.15) is 0 Å². The smallest absolute Gasteiger partial charge is 0.147 e. The van der Waals surface area contributed by atoms with Crippen molar-refractivity contribution in [3.8, 4) is 0 Å². The molecule has 0 aliphatic carbocycles. The van der Waals surface area contributed by atoms with Crippen molar-refractivity contribution < 1.29 is 8.42 Å². The molecule has 2 heterocycles. The Morgan fingerprint density at radius 2 is 2.41 bits per heavy atom. The lowest BCUT2D eigenvalue weighted by atomic mass is 10.2. The second kappa shape index (κ2) is 5.18. The van der Waals surface area contributed by atoms with Gasteiger partial charge in [0.1, 0.15) is 9.84 Å². The van der Waals surface area contributed by atoms with E-state index >= 15 is 0 Å². The van der Waals surface area contributed by atoms with Gasteiger partial charge in [0.15, 0.2) is 0 Å². The van der Waals surface area contributed by atoms with E-state index in [1.807, 2.05) is 6.20 Å². The van der Waals surface area contributed by atoms with Crippen LogP contribution in [0, 0.1) is 0 Å². The minimum Gasteiger partial charge on any atom is -0.333 e. The van der Waals surface area contributed by atoms with Crippen LogP contribution in [0.25, 0.3) is 0 Å². The fraction of sp³-hybridized carbons (Fsp3) is 0.727. The highest BCUT2D eigenvalue weighted by atomic mass is 32.2. The van der Waals surface area contributed by atoms with E-state index in [2.05, 4.69) is 14.9 Å². The van der Waals surface area contributed by atoms with Crippen LogP contribution in [0.5, 0.6) is 0 Å². The predicted octanol–water partition coefficient (Wildman–Crippen LogP) is 0.742. The molecule has 1 aromatic heterocycles. The number of hydrogen-bond donors (Lipinski definition) is 1. The molecule has 1 aliphatic rings. The molecule has 96 valence electrons. The lowest BCUT2D eigenvalue weighted by Gasteiger charge is -2.13. The summed E-state index contributed by atoms with van der Waals surface area (Å²) in [6.07, 6.45) is 7.92. The zero-order chi connectivity index (χ0) is 12.3. The van der Waals surface area contributed by atoms with Crippen molar-refractivity contribution >= 4 is 9.84 Å². The van der Waals surface area contributed by atoms with E-state index in [-0.39, 0.29) is 5.75 Å². The molecular weight excluding hydrogens is 238 g/mol. The SMILES string of the molecule is CS(=O)(=O)CCCn1cncc1[C@@H]1CCCN1.